The molecule has 18 heavy (non-hydrogen) atoms. The van der Waals surface area contributed by atoms with E-state index in [2.05, 4.69) is 0 Å². The Labute approximate surface area is 110 Å². The minimum atomic E-state index is -3.72. The third-order valence-electron chi connectivity index (χ3n) is 2.69. The van der Waals surface area contributed by atoms with Gasteiger partial charge in [-0.25, -0.2) is 13.2 Å². The molecule has 1 N–H and O–H groups in total. The molecule has 2 rings (SSSR count). The van der Waals surface area contributed by atoms with E-state index in [1.165, 1.54) is 12.1 Å². The van der Waals surface area contributed by atoms with Gasteiger partial charge in [0.2, 0.25) is 10.0 Å². The zero-order valence-electron chi connectivity index (χ0n) is 9.74. The van der Waals surface area contributed by atoms with Crippen LogP contribution < -0.4 is 0 Å². The summed E-state index contributed by atoms with van der Waals surface area (Å²) in [5.41, 5.74) is 0.958. The van der Waals surface area contributed by atoms with Crippen LogP contribution in [0.4, 0.5) is 0 Å². The second kappa shape index (κ2) is 4.91. The third kappa shape index (κ3) is 2.38. The van der Waals surface area contributed by atoms with E-state index in [1.807, 2.05) is 6.92 Å². The molecule has 0 radical (unpaired) electrons. The lowest BCUT2D eigenvalue weighted by molar-refractivity contribution is -0.138. The van der Waals surface area contributed by atoms with Crippen molar-refractivity contribution in [3.63, 3.8) is 0 Å². The van der Waals surface area contributed by atoms with Crippen molar-refractivity contribution in [2.24, 2.45) is 0 Å². The van der Waals surface area contributed by atoms with E-state index in [-0.39, 0.29) is 11.4 Å². The van der Waals surface area contributed by atoms with Gasteiger partial charge in [0.1, 0.15) is 0 Å². The smallest absolute Gasteiger partial charge is 0.332 e. The van der Waals surface area contributed by atoms with Crippen molar-refractivity contribution >= 4 is 27.8 Å². The SMILES string of the molecule is Cc1ccc(S(=O)(=O)N2CCS[C@H]2C(=O)O)cc1. The second-order valence-electron chi connectivity index (χ2n) is 3.99. The van der Waals surface area contributed by atoms with Gasteiger partial charge in [-0.15, -0.1) is 11.8 Å². The van der Waals surface area contributed by atoms with Crippen LogP contribution >= 0.6 is 11.8 Å². The highest BCUT2D eigenvalue weighted by Crippen LogP contribution is 2.30. The fourth-order valence-electron chi connectivity index (χ4n) is 1.74. The van der Waals surface area contributed by atoms with Crippen LogP contribution in [0.25, 0.3) is 0 Å². The normalized spacial score (nSPS) is 21.1. The molecule has 1 atom stereocenters. The Morgan fingerprint density at radius 1 is 1.39 bits per heavy atom. The maximum absolute atomic E-state index is 12.3. The van der Waals surface area contributed by atoms with E-state index in [4.69, 9.17) is 5.11 Å². The van der Waals surface area contributed by atoms with Crippen LogP contribution in [0.15, 0.2) is 29.2 Å². The van der Waals surface area contributed by atoms with E-state index >= 15 is 0 Å². The van der Waals surface area contributed by atoms with Gasteiger partial charge in [0.05, 0.1) is 4.90 Å². The van der Waals surface area contributed by atoms with Crippen molar-refractivity contribution in [3.8, 4) is 0 Å². The molecule has 0 bridgehead atoms. The molecule has 0 aliphatic carbocycles. The van der Waals surface area contributed by atoms with Gasteiger partial charge in [-0.2, -0.15) is 4.31 Å². The number of rotatable bonds is 3. The predicted octanol–water partition coefficient (Wildman–Crippen LogP) is 1.14. The van der Waals surface area contributed by atoms with Crippen LogP contribution in [-0.2, 0) is 14.8 Å². The highest BCUT2D eigenvalue weighted by atomic mass is 32.2. The first-order chi connectivity index (χ1) is 8.43. The Morgan fingerprint density at radius 3 is 2.56 bits per heavy atom. The largest absolute Gasteiger partial charge is 0.479 e. The van der Waals surface area contributed by atoms with Gasteiger partial charge in [-0.1, -0.05) is 17.7 Å². The first kappa shape index (κ1) is 13.4. The molecule has 1 saturated heterocycles. The summed E-state index contributed by atoms with van der Waals surface area (Å²) in [4.78, 5) is 11.2. The Hall–Kier alpha value is -1.05. The van der Waals surface area contributed by atoms with Crippen LogP contribution in [0, 0.1) is 6.92 Å². The second-order valence-corrected chi connectivity index (χ2v) is 7.07. The van der Waals surface area contributed by atoms with Gasteiger partial charge in [-0.05, 0) is 19.1 Å². The topological polar surface area (TPSA) is 74.7 Å². The van der Waals surface area contributed by atoms with Crippen molar-refractivity contribution in [1.82, 2.24) is 4.31 Å². The Kier molecular flexibility index (Phi) is 3.65. The van der Waals surface area contributed by atoms with E-state index < -0.39 is 21.4 Å². The molecular weight excluding hydrogens is 274 g/mol. The van der Waals surface area contributed by atoms with Crippen molar-refractivity contribution in [2.45, 2.75) is 17.2 Å². The Bertz CT molecular complexity index is 553. The summed E-state index contributed by atoms with van der Waals surface area (Å²) < 4.78 is 25.7. The van der Waals surface area contributed by atoms with Gasteiger partial charge < -0.3 is 5.11 Å². The van der Waals surface area contributed by atoms with Gasteiger partial charge in [0, 0.05) is 12.3 Å². The van der Waals surface area contributed by atoms with Gasteiger partial charge in [0.15, 0.2) is 5.37 Å². The maximum atomic E-state index is 12.3. The summed E-state index contributed by atoms with van der Waals surface area (Å²) in [7, 11) is -3.72. The van der Waals surface area contributed by atoms with E-state index in [1.54, 1.807) is 12.1 Å². The molecule has 1 heterocycles. The third-order valence-corrected chi connectivity index (χ3v) is 5.89. The number of benzene rings is 1. The first-order valence-electron chi connectivity index (χ1n) is 5.36. The van der Waals surface area contributed by atoms with Crippen LogP contribution in [-0.4, -0.2) is 41.5 Å². The number of carboxylic acid groups (broad SMARTS) is 1. The lowest BCUT2D eigenvalue weighted by Crippen LogP contribution is -2.39. The number of sulfonamides is 1. The maximum Gasteiger partial charge on any atom is 0.332 e. The van der Waals surface area contributed by atoms with Crippen molar-refractivity contribution in [1.29, 1.82) is 0 Å². The molecular formula is C11H13NO4S2. The average Bonchev–Trinajstić information content (AvgIpc) is 2.79. The fraction of sp³-hybridized carbons (Fsp3) is 0.364. The van der Waals surface area contributed by atoms with Crippen molar-refractivity contribution in [2.75, 3.05) is 12.3 Å². The average molecular weight is 287 g/mol. The Balaban J connectivity index is 2.36. The van der Waals surface area contributed by atoms with E-state index in [0.29, 0.717) is 5.75 Å². The van der Waals surface area contributed by atoms with Gasteiger partial charge in [0.25, 0.3) is 0 Å². The lowest BCUT2D eigenvalue weighted by Gasteiger charge is -2.20. The molecule has 1 fully saturated rings. The zero-order chi connectivity index (χ0) is 13.3. The van der Waals surface area contributed by atoms with Crippen LogP contribution in [0.1, 0.15) is 5.56 Å². The molecule has 1 aliphatic rings. The van der Waals surface area contributed by atoms with Crippen molar-refractivity contribution < 1.29 is 18.3 Å². The number of thioether (sulfide) groups is 1. The molecule has 1 aromatic rings. The number of carboxylic acids is 1. The molecule has 1 aliphatic heterocycles. The van der Waals surface area contributed by atoms with Gasteiger partial charge >= 0.3 is 5.97 Å². The van der Waals surface area contributed by atoms with Crippen LogP contribution in [0.5, 0.6) is 0 Å². The fourth-order valence-corrected chi connectivity index (χ4v) is 4.74. The van der Waals surface area contributed by atoms with Crippen LogP contribution in [0.3, 0.4) is 0 Å². The number of aliphatic carboxylic acids is 1. The highest BCUT2D eigenvalue weighted by Gasteiger charge is 2.40. The summed E-state index contributed by atoms with van der Waals surface area (Å²) >= 11 is 1.13. The summed E-state index contributed by atoms with van der Waals surface area (Å²) in [5, 5.41) is 7.99. The van der Waals surface area contributed by atoms with Crippen molar-refractivity contribution in [3.05, 3.63) is 29.8 Å². The minimum Gasteiger partial charge on any atom is -0.479 e. The summed E-state index contributed by atoms with van der Waals surface area (Å²) in [5.74, 6) is -0.615. The first-order valence-corrected chi connectivity index (χ1v) is 7.85. The molecule has 0 spiro atoms. The monoisotopic (exact) mass is 287 g/mol. The molecule has 98 valence electrons. The summed E-state index contributed by atoms with van der Waals surface area (Å²) in [6, 6.07) is 6.41. The molecule has 7 heteroatoms. The molecule has 1 aromatic carbocycles. The quantitative estimate of drug-likeness (QED) is 0.902. The number of carbonyl (C=O) groups is 1. The lowest BCUT2D eigenvalue weighted by atomic mass is 10.2. The minimum absolute atomic E-state index is 0.141. The summed E-state index contributed by atoms with van der Waals surface area (Å²) in [6.07, 6.45) is 0. The van der Waals surface area contributed by atoms with E-state index in [9.17, 15) is 13.2 Å². The highest BCUT2D eigenvalue weighted by molar-refractivity contribution is 8.02. The standard InChI is InChI=1S/C11H13NO4S2/c1-8-2-4-9(5-3-8)18(15,16)12-6-7-17-10(12)11(13)14/h2-5,10H,6-7H2,1H3,(H,13,14)/t10-/m0/s1. The van der Waals surface area contributed by atoms with Gasteiger partial charge in [-0.3, -0.25) is 0 Å². The molecule has 5 nitrogen and oxygen atoms in total. The molecule has 0 aromatic heterocycles. The van der Waals surface area contributed by atoms with E-state index in [0.717, 1.165) is 21.6 Å². The molecule has 0 unspecified atom stereocenters. The number of nitrogens with zero attached hydrogens (tertiary/aromatic N) is 1. The number of aryl methyl sites for hydroxylation is 1. The Morgan fingerprint density at radius 2 is 2.00 bits per heavy atom. The molecule has 0 amide bonds. The molecule has 0 saturated carbocycles. The number of hydrogen-bond acceptors (Lipinski definition) is 4. The van der Waals surface area contributed by atoms with Crippen LogP contribution in [0.2, 0.25) is 0 Å². The number of hydrogen-bond donors (Lipinski definition) is 1. The predicted molar refractivity (Wildman–Crippen MR) is 69.0 cm³/mol. The zero-order valence-corrected chi connectivity index (χ0v) is 11.4. The summed E-state index contributed by atoms with van der Waals surface area (Å²) in [6.45, 7) is 2.10.